The number of aromatic nitrogens is 5. The van der Waals surface area contributed by atoms with Crippen LogP contribution in [0.4, 0.5) is 29.9 Å². The number of fused-ring (bicyclic) bond motifs is 1. The van der Waals surface area contributed by atoms with Gasteiger partial charge in [0.25, 0.3) is 0 Å². The average molecular weight is 488 g/mol. The van der Waals surface area contributed by atoms with Crippen molar-refractivity contribution in [2.75, 3.05) is 29.9 Å². The zero-order valence-electron chi connectivity index (χ0n) is 18.6. The lowest BCUT2D eigenvalue weighted by atomic mass is 10.1. The summed E-state index contributed by atoms with van der Waals surface area (Å²) in [6.45, 7) is 1.70. The maximum Gasteiger partial charge on any atom is 0.419 e. The van der Waals surface area contributed by atoms with Crippen molar-refractivity contribution in [2.45, 2.75) is 37.9 Å². The lowest BCUT2D eigenvalue weighted by Crippen LogP contribution is -2.43. The van der Waals surface area contributed by atoms with Crippen molar-refractivity contribution in [1.29, 1.82) is 0 Å². The van der Waals surface area contributed by atoms with Crippen LogP contribution in [0, 0.1) is 0 Å². The molecule has 13 heteroatoms. The summed E-state index contributed by atoms with van der Waals surface area (Å²) in [5.41, 5.74) is 0.913. The van der Waals surface area contributed by atoms with Crippen LogP contribution in [-0.2, 0) is 6.18 Å². The highest BCUT2D eigenvalue weighted by Gasteiger charge is 2.32. The lowest BCUT2D eigenvalue weighted by molar-refractivity contribution is -0.138. The molecule has 35 heavy (non-hydrogen) atoms. The van der Waals surface area contributed by atoms with E-state index >= 15 is 0 Å². The molecule has 0 saturated carbocycles. The number of piperidine rings is 1. The van der Waals surface area contributed by atoms with E-state index in [4.69, 9.17) is 0 Å². The minimum atomic E-state index is -4.48. The van der Waals surface area contributed by atoms with E-state index in [9.17, 15) is 23.1 Å². The normalized spacial score (nSPS) is 19.1. The molecule has 3 aromatic heterocycles. The fourth-order valence-electron chi connectivity index (χ4n) is 4.50. The first-order chi connectivity index (χ1) is 16.8. The summed E-state index contributed by atoms with van der Waals surface area (Å²) >= 11 is 0. The summed E-state index contributed by atoms with van der Waals surface area (Å²) in [4.78, 5) is 31.8. The first kappa shape index (κ1) is 22.9. The van der Waals surface area contributed by atoms with Crippen LogP contribution in [0.2, 0.25) is 0 Å². The number of allylic oxidation sites excluding steroid dienone is 1. The van der Waals surface area contributed by atoms with Crippen molar-refractivity contribution in [1.82, 2.24) is 29.2 Å². The van der Waals surface area contributed by atoms with Crippen LogP contribution < -0.4 is 10.2 Å². The minimum absolute atomic E-state index is 0.0855. The number of nitrogens with one attached hydrogen (secondary N) is 1. The zero-order chi connectivity index (χ0) is 24.6. The summed E-state index contributed by atoms with van der Waals surface area (Å²) < 4.78 is 40.2. The van der Waals surface area contributed by atoms with Gasteiger partial charge in [0, 0.05) is 50.5 Å². The second-order valence-corrected chi connectivity index (χ2v) is 8.48. The predicted molar refractivity (Wildman–Crippen MR) is 121 cm³/mol. The summed E-state index contributed by atoms with van der Waals surface area (Å²) in [5.74, 6) is 0.823. The van der Waals surface area contributed by atoms with Gasteiger partial charge in [-0.1, -0.05) is 6.08 Å². The molecule has 1 saturated heterocycles. The van der Waals surface area contributed by atoms with Crippen molar-refractivity contribution in [3.63, 3.8) is 0 Å². The third kappa shape index (κ3) is 4.57. The number of anilines is 2. The van der Waals surface area contributed by atoms with Gasteiger partial charge >= 0.3 is 12.3 Å². The molecule has 0 aliphatic carbocycles. The Bertz CT molecular complexity index is 1260. The number of halogens is 3. The molecule has 0 radical (unpaired) electrons. The van der Waals surface area contributed by atoms with Crippen LogP contribution >= 0.6 is 0 Å². The van der Waals surface area contributed by atoms with Crippen molar-refractivity contribution < 1.29 is 23.1 Å². The number of carbonyl (C=O) groups is 1. The molecule has 5 heterocycles. The Kier molecular flexibility index (Phi) is 5.91. The minimum Gasteiger partial charge on any atom is -0.465 e. The number of amides is 1. The van der Waals surface area contributed by atoms with Gasteiger partial charge in [0.2, 0.25) is 11.9 Å². The molecule has 1 atom stereocenters. The molecular weight excluding hydrogens is 465 g/mol. The van der Waals surface area contributed by atoms with Gasteiger partial charge in [0.15, 0.2) is 0 Å². The summed E-state index contributed by atoms with van der Waals surface area (Å²) in [7, 11) is 0. The number of hydrogen-bond acceptors (Lipinski definition) is 7. The fraction of sp³-hybridized carbons (Fsp3) is 0.409. The summed E-state index contributed by atoms with van der Waals surface area (Å²) in [5, 5.41) is 12.7. The Hall–Kier alpha value is -3.90. The molecule has 1 fully saturated rings. The average Bonchev–Trinajstić information content (AvgIpc) is 3.28. The number of imidazole rings is 1. The smallest absolute Gasteiger partial charge is 0.419 e. The monoisotopic (exact) mass is 488 g/mol. The van der Waals surface area contributed by atoms with Gasteiger partial charge in [-0.15, -0.1) is 0 Å². The third-order valence-electron chi connectivity index (χ3n) is 6.14. The standard InChI is InChI=1S/C22H23F3N8O2/c23-22(24,25)14-10-27-19(28-11-14)30-15-4-3-7-31(13-15)20-29-12-17-18(26-6-9-32(17)20)16-5-1-2-8-33(16)21(34)35/h5-6,9-12,15H,1-4,7-8,13H2,(H,34,35)(H,27,28,30)/t15-/m1/s1. The van der Waals surface area contributed by atoms with Crippen LogP contribution in [0.3, 0.4) is 0 Å². The van der Waals surface area contributed by atoms with Gasteiger partial charge < -0.3 is 15.3 Å². The zero-order valence-corrected chi connectivity index (χ0v) is 18.6. The van der Waals surface area contributed by atoms with E-state index in [1.54, 1.807) is 18.6 Å². The molecule has 10 nitrogen and oxygen atoms in total. The highest BCUT2D eigenvalue weighted by Crippen LogP contribution is 2.30. The number of rotatable bonds is 4. The maximum absolute atomic E-state index is 12.8. The van der Waals surface area contributed by atoms with Crippen LogP contribution in [0.25, 0.3) is 11.2 Å². The Balaban J connectivity index is 1.37. The van der Waals surface area contributed by atoms with Crippen LogP contribution in [0.15, 0.2) is 37.1 Å². The van der Waals surface area contributed by atoms with Crippen LogP contribution in [-0.4, -0.2) is 66.1 Å². The summed E-state index contributed by atoms with van der Waals surface area (Å²) in [6.07, 6.45) is 6.19. The van der Waals surface area contributed by atoms with E-state index in [2.05, 4.69) is 30.2 Å². The maximum atomic E-state index is 12.8. The molecule has 2 aliphatic heterocycles. The molecule has 5 rings (SSSR count). The first-order valence-corrected chi connectivity index (χ1v) is 11.2. The fourth-order valence-corrected chi connectivity index (χ4v) is 4.50. The van der Waals surface area contributed by atoms with Gasteiger partial charge in [0.05, 0.1) is 23.0 Å². The van der Waals surface area contributed by atoms with E-state index in [1.165, 1.54) is 4.90 Å². The van der Waals surface area contributed by atoms with E-state index < -0.39 is 17.8 Å². The molecule has 0 unspecified atom stereocenters. The molecule has 3 aromatic rings. The third-order valence-corrected chi connectivity index (χ3v) is 6.14. The van der Waals surface area contributed by atoms with E-state index in [1.807, 2.05) is 10.5 Å². The number of carboxylic acid groups (broad SMARTS) is 1. The largest absolute Gasteiger partial charge is 0.465 e. The quantitative estimate of drug-likeness (QED) is 0.572. The van der Waals surface area contributed by atoms with E-state index in [-0.39, 0.29) is 12.0 Å². The lowest BCUT2D eigenvalue weighted by Gasteiger charge is -2.33. The number of alkyl halides is 3. The molecule has 184 valence electrons. The Labute approximate surface area is 198 Å². The first-order valence-electron chi connectivity index (χ1n) is 11.2. The number of hydrogen-bond donors (Lipinski definition) is 2. The SMILES string of the molecule is O=C(O)N1CCCC=C1c1nccn2c(N3CCC[C@@H](Nc4ncc(C(F)(F)F)cn4)C3)ncc12. The van der Waals surface area contributed by atoms with Crippen LogP contribution in [0.5, 0.6) is 0 Å². The predicted octanol–water partition coefficient (Wildman–Crippen LogP) is 3.73. The number of nitrogens with zero attached hydrogens (tertiary/aromatic N) is 7. The highest BCUT2D eigenvalue weighted by molar-refractivity contribution is 5.85. The van der Waals surface area contributed by atoms with Crippen molar-refractivity contribution >= 4 is 29.2 Å². The highest BCUT2D eigenvalue weighted by atomic mass is 19.4. The van der Waals surface area contributed by atoms with Crippen molar-refractivity contribution in [3.05, 3.63) is 48.3 Å². The molecular formula is C22H23F3N8O2. The topological polar surface area (TPSA) is 112 Å². The van der Waals surface area contributed by atoms with Crippen molar-refractivity contribution in [3.8, 4) is 0 Å². The second kappa shape index (κ2) is 9.04. The Morgan fingerprint density at radius 1 is 1.09 bits per heavy atom. The van der Waals surface area contributed by atoms with Gasteiger partial charge in [-0.05, 0) is 25.7 Å². The molecule has 2 N–H and O–H groups in total. The summed E-state index contributed by atoms with van der Waals surface area (Å²) in [6, 6.07) is -0.0855. The van der Waals surface area contributed by atoms with Gasteiger partial charge in [-0.2, -0.15) is 13.2 Å². The van der Waals surface area contributed by atoms with Gasteiger partial charge in [-0.25, -0.2) is 19.7 Å². The molecule has 2 aliphatic rings. The molecule has 0 bridgehead atoms. The molecule has 0 aromatic carbocycles. The second-order valence-electron chi connectivity index (χ2n) is 8.48. The van der Waals surface area contributed by atoms with Gasteiger partial charge in [-0.3, -0.25) is 14.3 Å². The molecule has 0 spiro atoms. The van der Waals surface area contributed by atoms with E-state index in [0.29, 0.717) is 35.9 Å². The van der Waals surface area contributed by atoms with Crippen LogP contribution in [0.1, 0.15) is 36.9 Å². The van der Waals surface area contributed by atoms with E-state index in [0.717, 1.165) is 44.6 Å². The van der Waals surface area contributed by atoms with Crippen molar-refractivity contribution in [2.24, 2.45) is 0 Å². The Morgan fingerprint density at radius 2 is 1.89 bits per heavy atom. The molecule has 1 amide bonds. The van der Waals surface area contributed by atoms with Gasteiger partial charge in [0.1, 0.15) is 5.69 Å². The Morgan fingerprint density at radius 3 is 2.63 bits per heavy atom.